The van der Waals surface area contributed by atoms with Crippen molar-refractivity contribution in [2.24, 2.45) is 0 Å². The molecule has 0 saturated carbocycles. The van der Waals surface area contributed by atoms with Crippen molar-refractivity contribution in [1.29, 1.82) is 0 Å². The molecule has 5 nitrogen and oxygen atoms in total. The van der Waals surface area contributed by atoms with E-state index in [4.69, 9.17) is 14.4 Å². The molecule has 1 rings (SSSR count). The van der Waals surface area contributed by atoms with Crippen LogP contribution in [0.3, 0.4) is 0 Å². The molecule has 0 aromatic heterocycles. The second kappa shape index (κ2) is 4.94. The molecular weight excluding hydrogens is 183 g/mol. The number of ether oxygens (including phenoxy) is 2. The highest BCUT2D eigenvalue weighted by molar-refractivity contribution is 7.37. The topological polar surface area (TPSA) is 76.0 Å². The molecule has 0 radical (unpaired) electrons. The molecule has 0 amide bonds. The van der Waals surface area contributed by atoms with Gasteiger partial charge in [0, 0.05) is 6.61 Å². The summed E-state index contributed by atoms with van der Waals surface area (Å²) in [7, 11) is -2.55. The molecule has 2 N–H and O–H groups in total. The fraction of sp³-hybridized carbons (Fsp3) is 1.00. The average Bonchev–Trinajstić information content (AvgIpc) is 2.36. The lowest BCUT2D eigenvalue weighted by Crippen LogP contribution is -2.26. The summed E-state index contributed by atoms with van der Waals surface area (Å²) in [4.78, 5) is 8.41. The summed E-state index contributed by atoms with van der Waals surface area (Å²) < 4.78 is 20.2. The van der Waals surface area contributed by atoms with Crippen molar-refractivity contribution in [2.45, 2.75) is 18.6 Å². The Hall–Kier alpha value is 0.0700. The van der Waals surface area contributed by atoms with Crippen LogP contribution in [0.15, 0.2) is 0 Å². The molecule has 1 unspecified atom stereocenters. The Balaban J connectivity index is 2.10. The largest absolute Gasteiger partial charge is 0.390 e. The van der Waals surface area contributed by atoms with E-state index in [2.05, 4.69) is 0 Å². The molecule has 0 spiro atoms. The Morgan fingerprint density at radius 2 is 2.42 bits per heavy atom. The van der Waals surface area contributed by atoms with Crippen LogP contribution in [0.5, 0.6) is 0 Å². The van der Waals surface area contributed by atoms with E-state index in [0.29, 0.717) is 13.0 Å². The molecule has 0 aromatic carbocycles. The molecule has 1 aliphatic rings. The summed E-state index contributed by atoms with van der Waals surface area (Å²) in [5.74, 6) is 0. The molecule has 1 saturated heterocycles. The van der Waals surface area contributed by atoms with Crippen molar-refractivity contribution in [3.8, 4) is 0 Å². The van der Waals surface area contributed by atoms with Crippen LogP contribution in [0.25, 0.3) is 0 Å². The van der Waals surface area contributed by atoms with Gasteiger partial charge in [0.1, 0.15) is 12.5 Å². The van der Waals surface area contributed by atoms with Crippen LogP contribution in [0, 0.1) is 0 Å². The van der Waals surface area contributed by atoms with Crippen LogP contribution >= 0.6 is 8.03 Å². The first-order valence-corrected chi connectivity index (χ1v) is 5.35. The van der Waals surface area contributed by atoms with E-state index in [-0.39, 0.29) is 19.1 Å². The summed E-state index contributed by atoms with van der Waals surface area (Å²) in [6.45, 7) is 0.724. The van der Waals surface area contributed by atoms with Gasteiger partial charge >= 0.3 is 0 Å². The van der Waals surface area contributed by atoms with Gasteiger partial charge in [-0.05, 0) is 6.42 Å². The predicted molar refractivity (Wildman–Crippen MR) is 42.4 cm³/mol. The Labute approximate surface area is 71.2 Å². The van der Waals surface area contributed by atoms with Gasteiger partial charge in [-0.3, -0.25) is 4.57 Å². The van der Waals surface area contributed by atoms with E-state index in [1.807, 2.05) is 0 Å². The first-order valence-electron chi connectivity index (χ1n) is 3.79. The summed E-state index contributed by atoms with van der Waals surface area (Å²) in [5, 5.41) is 9.22. The molecule has 12 heavy (non-hydrogen) atoms. The zero-order valence-corrected chi connectivity index (χ0v) is 7.60. The Morgan fingerprint density at radius 3 is 2.92 bits per heavy atom. The Kier molecular flexibility index (Phi) is 4.18. The molecule has 3 atom stereocenters. The SMILES string of the molecule is O=[PH](O)COC[C@H]1OCC[C@@H]1O. The summed E-state index contributed by atoms with van der Waals surface area (Å²) in [6.07, 6.45) is -0.364. The van der Waals surface area contributed by atoms with E-state index < -0.39 is 14.1 Å². The molecule has 0 aliphatic carbocycles. The monoisotopic (exact) mass is 196 g/mol. The maximum absolute atomic E-state index is 10.2. The fourth-order valence-electron chi connectivity index (χ4n) is 1.06. The minimum Gasteiger partial charge on any atom is -0.390 e. The van der Waals surface area contributed by atoms with Gasteiger partial charge in [0.25, 0.3) is 0 Å². The van der Waals surface area contributed by atoms with Gasteiger partial charge in [-0.1, -0.05) is 0 Å². The predicted octanol–water partition coefficient (Wildman–Crippen LogP) is -0.423. The van der Waals surface area contributed by atoms with E-state index in [0.717, 1.165) is 0 Å². The van der Waals surface area contributed by atoms with Crippen LogP contribution in [0.2, 0.25) is 0 Å². The molecule has 1 heterocycles. The van der Waals surface area contributed by atoms with Crippen LogP contribution in [-0.4, -0.2) is 41.8 Å². The van der Waals surface area contributed by atoms with Crippen LogP contribution in [0.1, 0.15) is 6.42 Å². The summed E-state index contributed by atoms with van der Waals surface area (Å²) >= 11 is 0. The molecule has 0 aromatic rings. The van der Waals surface area contributed by atoms with Gasteiger partial charge < -0.3 is 19.5 Å². The highest BCUT2D eigenvalue weighted by atomic mass is 31.1. The number of aliphatic hydroxyl groups is 1. The molecule has 6 heteroatoms. The van der Waals surface area contributed by atoms with Crippen molar-refractivity contribution >= 4 is 8.03 Å². The molecule has 1 fully saturated rings. The first-order chi connectivity index (χ1) is 5.70. The second-order valence-electron chi connectivity index (χ2n) is 2.67. The quantitative estimate of drug-likeness (QED) is 0.597. The maximum Gasteiger partial charge on any atom is 0.214 e. The second-order valence-corrected chi connectivity index (χ2v) is 3.75. The highest BCUT2D eigenvalue weighted by Crippen LogP contribution is 2.16. The van der Waals surface area contributed by atoms with Crippen molar-refractivity contribution in [3.05, 3.63) is 0 Å². The fourth-order valence-corrected chi connectivity index (χ4v) is 1.35. The van der Waals surface area contributed by atoms with E-state index in [9.17, 15) is 9.67 Å². The van der Waals surface area contributed by atoms with Gasteiger partial charge in [0.15, 0.2) is 0 Å². The number of hydrogen-bond acceptors (Lipinski definition) is 4. The molecule has 72 valence electrons. The van der Waals surface area contributed by atoms with Crippen molar-refractivity contribution < 1.29 is 24.0 Å². The van der Waals surface area contributed by atoms with Gasteiger partial charge in [0.05, 0.1) is 12.7 Å². The molecular formula is C6H13O5P. The zero-order valence-electron chi connectivity index (χ0n) is 6.60. The maximum atomic E-state index is 10.2. The lowest BCUT2D eigenvalue weighted by molar-refractivity contribution is -0.0149. The third-order valence-corrected chi connectivity index (χ3v) is 2.13. The van der Waals surface area contributed by atoms with Crippen LogP contribution < -0.4 is 0 Å². The number of rotatable bonds is 4. The summed E-state index contributed by atoms with van der Waals surface area (Å²) in [6, 6.07) is 0. The number of aliphatic hydroxyl groups excluding tert-OH is 1. The van der Waals surface area contributed by atoms with E-state index in [1.54, 1.807) is 0 Å². The lowest BCUT2D eigenvalue weighted by Gasteiger charge is -2.12. The smallest absolute Gasteiger partial charge is 0.214 e. The van der Waals surface area contributed by atoms with Crippen molar-refractivity contribution in [2.75, 3.05) is 19.6 Å². The standard InChI is InChI=1S/C6H13O5P/c7-5-1-2-11-6(5)3-10-4-12(8)9/h5-7,12H,1-4H2,(H,8,9)/t5-,6+/m0/s1. The van der Waals surface area contributed by atoms with Gasteiger partial charge in [0.2, 0.25) is 8.03 Å². The average molecular weight is 196 g/mol. The number of hydrogen-bond donors (Lipinski definition) is 2. The van der Waals surface area contributed by atoms with Crippen LogP contribution in [-0.2, 0) is 14.0 Å². The Bertz CT molecular complexity index is 162. The van der Waals surface area contributed by atoms with Crippen LogP contribution in [0.4, 0.5) is 0 Å². The third kappa shape index (κ3) is 3.21. The highest BCUT2D eigenvalue weighted by Gasteiger charge is 2.26. The summed E-state index contributed by atoms with van der Waals surface area (Å²) in [5.41, 5.74) is 0. The van der Waals surface area contributed by atoms with Crippen molar-refractivity contribution in [3.63, 3.8) is 0 Å². The van der Waals surface area contributed by atoms with Gasteiger partial charge in [-0.15, -0.1) is 0 Å². The minimum absolute atomic E-state index is 0.156. The van der Waals surface area contributed by atoms with Crippen molar-refractivity contribution in [1.82, 2.24) is 0 Å². The normalized spacial score (nSPS) is 32.2. The van der Waals surface area contributed by atoms with E-state index in [1.165, 1.54) is 0 Å². The van der Waals surface area contributed by atoms with Gasteiger partial charge in [-0.2, -0.15) is 0 Å². The van der Waals surface area contributed by atoms with Gasteiger partial charge in [-0.25, -0.2) is 0 Å². The zero-order chi connectivity index (χ0) is 8.97. The first kappa shape index (κ1) is 10.2. The molecule has 0 bridgehead atoms. The lowest BCUT2D eigenvalue weighted by atomic mass is 10.2. The minimum atomic E-state index is -2.55. The molecule has 1 aliphatic heterocycles. The Morgan fingerprint density at radius 1 is 1.67 bits per heavy atom. The third-order valence-electron chi connectivity index (χ3n) is 1.68. The van der Waals surface area contributed by atoms with E-state index >= 15 is 0 Å².